The first-order valence-corrected chi connectivity index (χ1v) is 2.76. The molecule has 0 aliphatic carbocycles. The van der Waals surface area contributed by atoms with Gasteiger partial charge in [0.25, 0.3) is 0 Å². The topological polar surface area (TPSA) is 45.1 Å². The first kappa shape index (κ1) is 6.15. The Morgan fingerprint density at radius 2 is 2.33 bits per heavy atom. The van der Waals surface area contributed by atoms with Crippen molar-refractivity contribution < 1.29 is 4.84 Å². The van der Waals surface area contributed by atoms with Crippen LogP contribution in [0.1, 0.15) is 0 Å². The summed E-state index contributed by atoms with van der Waals surface area (Å²) in [5.41, 5.74) is 0. The van der Waals surface area contributed by atoms with Crippen LogP contribution in [-0.2, 0) is 0 Å². The molecule has 2 N–H and O–H groups in total. The fraction of sp³-hybridized carbons (Fsp3) is 0.250. The SMILES string of the molecule is COn1ccn(N)c1=S. The van der Waals surface area contributed by atoms with Gasteiger partial charge in [0.1, 0.15) is 7.11 Å². The smallest absolute Gasteiger partial charge is 0.232 e. The highest BCUT2D eigenvalue weighted by Crippen LogP contribution is 1.87. The van der Waals surface area contributed by atoms with E-state index in [-0.39, 0.29) is 0 Å². The molecule has 0 atom stereocenters. The van der Waals surface area contributed by atoms with Crippen LogP contribution in [0.4, 0.5) is 0 Å². The highest BCUT2D eigenvalue weighted by molar-refractivity contribution is 7.71. The second-order valence-corrected chi connectivity index (χ2v) is 1.86. The van der Waals surface area contributed by atoms with Gasteiger partial charge >= 0.3 is 0 Å². The lowest BCUT2D eigenvalue weighted by Crippen LogP contribution is -2.10. The molecule has 0 saturated carbocycles. The largest absolute Gasteiger partial charge is 0.415 e. The van der Waals surface area contributed by atoms with E-state index in [0.29, 0.717) is 4.77 Å². The van der Waals surface area contributed by atoms with E-state index in [1.165, 1.54) is 16.5 Å². The molecule has 50 valence electrons. The van der Waals surface area contributed by atoms with Crippen LogP contribution in [0.15, 0.2) is 12.4 Å². The van der Waals surface area contributed by atoms with Gasteiger partial charge in [-0.25, -0.2) is 4.68 Å². The quantitative estimate of drug-likeness (QED) is 0.439. The molecule has 0 aliphatic heterocycles. The first-order valence-electron chi connectivity index (χ1n) is 2.35. The molecule has 5 heteroatoms. The number of aromatic nitrogens is 2. The lowest BCUT2D eigenvalue weighted by atomic mass is 11.0. The predicted octanol–water partition coefficient (Wildman–Crippen LogP) is -0.209. The molecule has 0 fully saturated rings. The van der Waals surface area contributed by atoms with Gasteiger partial charge in [-0.2, -0.15) is 4.73 Å². The van der Waals surface area contributed by atoms with Crippen molar-refractivity contribution in [1.82, 2.24) is 9.41 Å². The zero-order chi connectivity index (χ0) is 6.85. The van der Waals surface area contributed by atoms with E-state index in [1.54, 1.807) is 12.4 Å². The van der Waals surface area contributed by atoms with Gasteiger partial charge in [0, 0.05) is 6.20 Å². The van der Waals surface area contributed by atoms with Crippen LogP contribution in [0.25, 0.3) is 0 Å². The Balaban J connectivity index is 3.20. The Labute approximate surface area is 57.4 Å². The van der Waals surface area contributed by atoms with Gasteiger partial charge < -0.3 is 10.7 Å². The van der Waals surface area contributed by atoms with E-state index < -0.39 is 0 Å². The molecule has 0 aromatic carbocycles. The first-order chi connectivity index (χ1) is 4.25. The third kappa shape index (κ3) is 0.904. The highest BCUT2D eigenvalue weighted by Gasteiger charge is 1.91. The van der Waals surface area contributed by atoms with Crippen LogP contribution in [-0.4, -0.2) is 16.5 Å². The number of nitrogens with two attached hydrogens (primary N) is 1. The van der Waals surface area contributed by atoms with Crippen LogP contribution in [0.3, 0.4) is 0 Å². The summed E-state index contributed by atoms with van der Waals surface area (Å²) in [6, 6.07) is 0. The van der Waals surface area contributed by atoms with Crippen molar-refractivity contribution in [3.8, 4) is 0 Å². The summed E-state index contributed by atoms with van der Waals surface area (Å²) >= 11 is 4.80. The fourth-order valence-corrected chi connectivity index (χ4v) is 0.709. The average molecular weight is 145 g/mol. The molecule has 9 heavy (non-hydrogen) atoms. The Hall–Kier alpha value is -0.970. The van der Waals surface area contributed by atoms with E-state index in [9.17, 15) is 0 Å². The lowest BCUT2D eigenvalue weighted by molar-refractivity contribution is 0.162. The molecule has 0 spiro atoms. The maximum atomic E-state index is 5.33. The van der Waals surface area contributed by atoms with Crippen molar-refractivity contribution in [2.75, 3.05) is 13.0 Å². The Kier molecular flexibility index (Phi) is 1.44. The van der Waals surface area contributed by atoms with Gasteiger partial charge in [0.15, 0.2) is 0 Å². The predicted molar refractivity (Wildman–Crippen MR) is 35.9 cm³/mol. The zero-order valence-electron chi connectivity index (χ0n) is 4.94. The standard InChI is InChI=1S/C4H7N3OS/c1-8-7-3-2-6(5)4(7)9/h2-3H,5H2,1H3. The summed E-state index contributed by atoms with van der Waals surface area (Å²) in [6.45, 7) is 0. The van der Waals surface area contributed by atoms with Crippen molar-refractivity contribution in [2.24, 2.45) is 0 Å². The second-order valence-electron chi connectivity index (χ2n) is 1.50. The van der Waals surface area contributed by atoms with E-state index in [1.807, 2.05) is 0 Å². The van der Waals surface area contributed by atoms with Crippen molar-refractivity contribution in [3.05, 3.63) is 17.2 Å². The van der Waals surface area contributed by atoms with Crippen LogP contribution in [0, 0.1) is 4.77 Å². The Morgan fingerprint density at radius 1 is 1.67 bits per heavy atom. The van der Waals surface area contributed by atoms with Crippen molar-refractivity contribution in [1.29, 1.82) is 0 Å². The number of hydrogen-bond donors (Lipinski definition) is 1. The lowest BCUT2D eigenvalue weighted by Gasteiger charge is -1.95. The molecule has 1 aromatic heterocycles. The van der Waals surface area contributed by atoms with Gasteiger partial charge in [0.2, 0.25) is 4.77 Å². The number of hydrogen-bond acceptors (Lipinski definition) is 3. The minimum absolute atomic E-state index is 0.442. The van der Waals surface area contributed by atoms with Crippen LogP contribution < -0.4 is 10.7 Å². The van der Waals surface area contributed by atoms with Crippen molar-refractivity contribution in [3.63, 3.8) is 0 Å². The highest BCUT2D eigenvalue weighted by atomic mass is 32.1. The maximum absolute atomic E-state index is 5.33. The molecular weight excluding hydrogens is 138 g/mol. The van der Waals surface area contributed by atoms with Crippen molar-refractivity contribution >= 4 is 12.2 Å². The number of nitrogens with zero attached hydrogens (tertiary/aromatic N) is 2. The Bertz CT molecular complexity index is 251. The van der Waals surface area contributed by atoms with Gasteiger partial charge in [-0.05, 0) is 12.2 Å². The van der Waals surface area contributed by atoms with Gasteiger partial charge in [-0.1, -0.05) is 0 Å². The molecule has 4 nitrogen and oxygen atoms in total. The summed E-state index contributed by atoms with van der Waals surface area (Å²) in [5, 5.41) is 0. The van der Waals surface area contributed by atoms with E-state index in [0.717, 1.165) is 0 Å². The third-order valence-electron chi connectivity index (χ3n) is 0.969. The van der Waals surface area contributed by atoms with Gasteiger partial charge in [-0.3, -0.25) is 0 Å². The summed E-state index contributed by atoms with van der Waals surface area (Å²) < 4.78 is 3.14. The number of nitrogen functional groups attached to an aromatic ring is 1. The normalized spacial score (nSPS) is 9.44. The monoisotopic (exact) mass is 145 g/mol. The third-order valence-corrected chi connectivity index (χ3v) is 1.36. The van der Waals surface area contributed by atoms with Crippen LogP contribution in [0.2, 0.25) is 0 Å². The summed E-state index contributed by atoms with van der Waals surface area (Å²) in [6.07, 6.45) is 3.26. The van der Waals surface area contributed by atoms with Crippen LogP contribution in [0.5, 0.6) is 0 Å². The van der Waals surface area contributed by atoms with Crippen LogP contribution >= 0.6 is 12.2 Å². The van der Waals surface area contributed by atoms with Gasteiger partial charge in [-0.15, -0.1) is 0 Å². The maximum Gasteiger partial charge on any atom is 0.232 e. The molecule has 1 rings (SSSR count). The summed E-state index contributed by atoms with van der Waals surface area (Å²) in [5.74, 6) is 5.33. The van der Waals surface area contributed by atoms with E-state index in [4.69, 9.17) is 22.9 Å². The second kappa shape index (κ2) is 2.10. The fourth-order valence-electron chi connectivity index (χ4n) is 0.513. The van der Waals surface area contributed by atoms with Crippen molar-refractivity contribution in [2.45, 2.75) is 0 Å². The zero-order valence-corrected chi connectivity index (χ0v) is 5.76. The Morgan fingerprint density at radius 3 is 2.56 bits per heavy atom. The molecule has 0 unspecified atom stereocenters. The molecule has 1 aromatic rings. The number of rotatable bonds is 1. The molecule has 0 aliphatic rings. The summed E-state index contributed by atoms with van der Waals surface area (Å²) in [4.78, 5) is 4.78. The molecule has 0 amide bonds. The molecule has 0 bridgehead atoms. The minimum atomic E-state index is 0.442. The summed E-state index contributed by atoms with van der Waals surface area (Å²) in [7, 11) is 1.52. The molecule has 0 saturated heterocycles. The average Bonchev–Trinajstić information content (AvgIpc) is 2.15. The van der Waals surface area contributed by atoms with E-state index >= 15 is 0 Å². The number of imidazole rings is 1. The molecular formula is C4H7N3OS. The van der Waals surface area contributed by atoms with Gasteiger partial charge in [0.05, 0.1) is 6.20 Å². The molecule has 0 radical (unpaired) electrons. The minimum Gasteiger partial charge on any atom is -0.415 e. The van der Waals surface area contributed by atoms with E-state index in [2.05, 4.69) is 0 Å². The molecule has 1 heterocycles.